The molecule has 1 aromatic rings. The fourth-order valence-electron chi connectivity index (χ4n) is 2.00. The first-order valence-electron chi connectivity index (χ1n) is 7.19. The van der Waals surface area contributed by atoms with Crippen molar-refractivity contribution in [1.82, 2.24) is 0 Å². The van der Waals surface area contributed by atoms with Crippen LogP contribution in [0, 0.1) is 5.92 Å². The molecule has 0 aliphatic carbocycles. The molecule has 0 saturated heterocycles. The maximum absolute atomic E-state index is 13.1. The molecule has 3 nitrogen and oxygen atoms in total. The van der Waals surface area contributed by atoms with Gasteiger partial charge < -0.3 is 5.32 Å². The van der Waals surface area contributed by atoms with Crippen molar-refractivity contribution in [2.45, 2.75) is 46.2 Å². The Morgan fingerprint density at radius 3 is 2.41 bits per heavy atom. The average molecular weight is 315 g/mol. The highest BCUT2D eigenvalue weighted by molar-refractivity contribution is 5.97. The summed E-state index contributed by atoms with van der Waals surface area (Å²) < 4.78 is 39.3. The predicted molar refractivity (Wildman–Crippen MR) is 78.8 cm³/mol. The van der Waals surface area contributed by atoms with E-state index in [4.69, 9.17) is 0 Å². The van der Waals surface area contributed by atoms with E-state index in [1.807, 2.05) is 6.92 Å². The third-order valence-corrected chi connectivity index (χ3v) is 3.43. The van der Waals surface area contributed by atoms with Crippen LogP contribution in [-0.4, -0.2) is 11.7 Å². The molecule has 1 N–H and O–H groups in total. The fraction of sp³-hybridized carbons (Fsp3) is 0.500. The van der Waals surface area contributed by atoms with Gasteiger partial charge in [-0.1, -0.05) is 26.7 Å². The van der Waals surface area contributed by atoms with Crippen LogP contribution >= 0.6 is 0 Å². The molecule has 1 unspecified atom stereocenters. The molecule has 0 aromatic heterocycles. The first-order chi connectivity index (χ1) is 10.2. The number of Topliss-reactive ketones (excluding diaryl/α,β-unsaturated/α-hetero) is 1. The van der Waals surface area contributed by atoms with E-state index in [1.165, 1.54) is 13.0 Å². The Bertz CT molecular complexity index is 553. The monoisotopic (exact) mass is 315 g/mol. The second kappa shape index (κ2) is 7.42. The van der Waals surface area contributed by atoms with E-state index >= 15 is 0 Å². The van der Waals surface area contributed by atoms with E-state index in [-0.39, 0.29) is 17.2 Å². The highest BCUT2D eigenvalue weighted by Gasteiger charge is 2.34. The first kappa shape index (κ1) is 18.2. The molecule has 1 rings (SSSR count). The number of halogens is 3. The Morgan fingerprint density at radius 2 is 1.91 bits per heavy atom. The molecule has 0 aliphatic heterocycles. The van der Waals surface area contributed by atoms with Gasteiger partial charge in [0, 0.05) is 11.5 Å². The lowest BCUT2D eigenvalue weighted by Gasteiger charge is -2.17. The summed E-state index contributed by atoms with van der Waals surface area (Å²) in [5.41, 5.74) is -1.36. The second-order valence-electron chi connectivity index (χ2n) is 5.35. The van der Waals surface area contributed by atoms with Gasteiger partial charge in [-0.2, -0.15) is 13.2 Å². The fourth-order valence-corrected chi connectivity index (χ4v) is 2.00. The van der Waals surface area contributed by atoms with Gasteiger partial charge in [-0.05, 0) is 31.5 Å². The van der Waals surface area contributed by atoms with Gasteiger partial charge in [0.25, 0.3) is 0 Å². The molecule has 0 heterocycles. The zero-order valence-corrected chi connectivity index (χ0v) is 12.9. The van der Waals surface area contributed by atoms with Crippen LogP contribution in [-0.2, 0) is 11.0 Å². The van der Waals surface area contributed by atoms with E-state index in [1.54, 1.807) is 6.92 Å². The molecule has 0 fully saturated rings. The number of unbranched alkanes of at least 4 members (excludes halogenated alkanes) is 1. The molecule has 0 spiro atoms. The quantitative estimate of drug-likeness (QED) is 0.775. The number of ketones is 1. The standard InChI is InChI=1S/C16H20F3NO2/c1-4-5-6-10(2)15(22)20-14-8-7-12(11(3)21)9-13(14)16(17,18)19/h7-10H,4-6H2,1-3H3,(H,20,22). The number of hydrogen-bond acceptors (Lipinski definition) is 2. The maximum Gasteiger partial charge on any atom is 0.418 e. The van der Waals surface area contributed by atoms with Crippen molar-refractivity contribution in [1.29, 1.82) is 0 Å². The van der Waals surface area contributed by atoms with Crippen molar-refractivity contribution >= 4 is 17.4 Å². The summed E-state index contributed by atoms with van der Waals surface area (Å²) in [5, 5.41) is 2.32. The van der Waals surface area contributed by atoms with Crippen molar-refractivity contribution < 1.29 is 22.8 Å². The molecule has 0 radical (unpaired) electrons. The van der Waals surface area contributed by atoms with Gasteiger partial charge in [0.15, 0.2) is 5.78 Å². The number of alkyl halides is 3. The summed E-state index contributed by atoms with van der Waals surface area (Å²) in [5.74, 6) is -1.28. The molecule has 0 saturated carbocycles. The van der Waals surface area contributed by atoms with E-state index in [9.17, 15) is 22.8 Å². The van der Waals surface area contributed by atoms with Crippen LogP contribution in [0.2, 0.25) is 0 Å². The Hall–Kier alpha value is -1.85. The van der Waals surface area contributed by atoms with Crippen LogP contribution in [0.15, 0.2) is 18.2 Å². The largest absolute Gasteiger partial charge is 0.418 e. The van der Waals surface area contributed by atoms with Crippen LogP contribution < -0.4 is 5.32 Å². The molecule has 0 bridgehead atoms. The van der Waals surface area contributed by atoms with Crippen molar-refractivity contribution in [3.8, 4) is 0 Å². The summed E-state index contributed by atoms with van der Waals surface area (Å²) in [6, 6.07) is 3.18. The number of carbonyl (C=O) groups is 2. The molecule has 22 heavy (non-hydrogen) atoms. The van der Waals surface area contributed by atoms with Crippen LogP contribution in [0.4, 0.5) is 18.9 Å². The Balaban J connectivity index is 3.04. The molecule has 1 atom stereocenters. The van der Waals surface area contributed by atoms with Gasteiger partial charge in [-0.15, -0.1) is 0 Å². The van der Waals surface area contributed by atoms with Gasteiger partial charge >= 0.3 is 6.18 Å². The third kappa shape index (κ3) is 4.86. The van der Waals surface area contributed by atoms with Crippen LogP contribution in [0.5, 0.6) is 0 Å². The lowest BCUT2D eigenvalue weighted by molar-refractivity contribution is -0.137. The minimum absolute atomic E-state index is 0.0376. The zero-order chi connectivity index (χ0) is 16.9. The van der Waals surface area contributed by atoms with Gasteiger partial charge in [-0.3, -0.25) is 9.59 Å². The van der Waals surface area contributed by atoms with Crippen molar-refractivity contribution in [3.63, 3.8) is 0 Å². The third-order valence-electron chi connectivity index (χ3n) is 3.43. The van der Waals surface area contributed by atoms with Crippen LogP contribution in [0.25, 0.3) is 0 Å². The van der Waals surface area contributed by atoms with E-state index in [0.29, 0.717) is 6.42 Å². The number of anilines is 1. The van der Waals surface area contributed by atoms with Gasteiger partial charge in [0.1, 0.15) is 0 Å². The van der Waals surface area contributed by atoms with Gasteiger partial charge in [0.05, 0.1) is 11.3 Å². The van der Waals surface area contributed by atoms with Crippen molar-refractivity contribution in [3.05, 3.63) is 29.3 Å². The van der Waals surface area contributed by atoms with Gasteiger partial charge in [-0.25, -0.2) is 0 Å². The normalized spacial score (nSPS) is 12.8. The zero-order valence-electron chi connectivity index (χ0n) is 12.9. The second-order valence-corrected chi connectivity index (χ2v) is 5.35. The smallest absolute Gasteiger partial charge is 0.325 e. The van der Waals surface area contributed by atoms with Crippen molar-refractivity contribution in [2.24, 2.45) is 5.92 Å². The van der Waals surface area contributed by atoms with E-state index < -0.39 is 23.4 Å². The van der Waals surface area contributed by atoms with E-state index in [0.717, 1.165) is 25.0 Å². The number of hydrogen-bond donors (Lipinski definition) is 1. The molecule has 1 amide bonds. The Kier molecular flexibility index (Phi) is 6.14. The topological polar surface area (TPSA) is 46.2 Å². The highest BCUT2D eigenvalue weighted by atomic mass is 19.4. The minimum Gasteiger partial charge on any atom is -0.325 e. The molecule has 122 valence electrons. The Labute approximate surface area is 127 Å². The minimum atomic E-state index is -4.64. The lowest BCUT2D eigenvalue weighted by Crippen LogP contribution is -2.22. The molecular weight excluding hydrogens is 295 g/mol. The van der Waals surface area contributed by atoms with Crippen molar-refractivity contribution in [2.75, 3.05) is 5.32 Å². The molecule has 1 aromatic carbocycles. The summed E-state index contributed by atoms with van der Waals surface area (Å²) in [6.07, 6.45) is -2.27. The molecule has 0 aliphatic rings. The highest BCUT2D eigenvalue weighted by Crippen LogP contribution is 2.35. The summed E-state index contributed by atoms with van der Waals surface area (Å²) >= 11 is 0. The first-order valence-corrected chi connectivity index (χ1v) is 7.19. The SMILES string of the molecule is CCCCC(C)C(=O)Nc1ccc(C(C)=O)cc1C(F)(F)F. The van der Waals surface area contributed by atoms with Crippen LogP contribution in [0.3, 0.4) is 0 Å². The lowest BCUT2D eigenvalue weighted by atomic mass is 10.0. The van der Waals surface area contributed by atoms with Gasteiger partial charge in [0.2, 0.25) is 5.91 Å². The summed E-state index contributed by atoms with van der Waals surface area (Å²) in [6.45, 7) is 4.86. The maximum atomic E-state index is 13.1. The predicted octanol–water partition coefficient (Wildman–Crippen LogP) is 4.67. The summed E-state index contributed by atoms with van der Waals surface area (Å²) in [4.78, 5) is 23.2. The number of rotatable bonds is 6. The number of benzene rings is 1. The Morgan fingerprint density at radius 1 is 1.27 bits per heavy atom. The number of nitrogens with one attached hydrogen (secondary N) is 1. The molecular formula is C16H20F3NO2. The van der Waals surface area contributed by atoms with E-state index in [2.05, 4.69) is 5.32 Å². The molecule has 6 heteroatoms. The van der Waals surface area contributed by atoms with Crippen LogP contribution in [0.1, 0.15) is 56.0 Å². The summed E-state index contributed by atoms with van der Waals surface area (Å²) in [7, 11) is 0. The average Bonchev–Trinajstić information content (AvgIpc) is 2.43. The number of amides is 1. The number of carbonyl (C=O) groups excluding carboxylic acids is 2.